The first-order chi connectivity index (χ1) is 11.1. The number of nitrogens with zero attached hydrogens (tertiary/aromatic N) is 1. The molecule has 1 atom stereocenters. The second kappa shape index (κ2) is 6.30. The fourth-order valence-electron chi connectivity index (χ4n) is 2.39. The molecule has 6 heteroatoms. The van der Waals surface area contributed by atoms with Crippen LogP contribution in [0.15, 0.2) is 48.5 Å². The van der Waals surface area contributed by atoms with Crippen LogP contribution in [0.5, 0.6) is 5.75 Å². The Labute approximate surface area is 138 Å². The molecule has 0 saturated heterocycles. The molecule has 0 spiro atoms. The number of halogens is 1. The summed E-state index contributed by atoms with van der Waals surface area (Å²) >= 11 is 5.80. The first kappa shape index (κ1) is 15.4. The lowest BCUT2D eigenvalue weighted by Gasteiger charge is -2.31. The zero-order valence-corrected chi connectivity index (χ0v) is 13.2. The SMILES string of the molecule is CN1C(=O)C(CNC(=O)c2ccc(Cl)cc2)Oc2ccccc21. The van der Waals surface area contributed by atoms with Crippen LogP contribution < -0.4 is 15.0 Å². The molecule has 2 amide bonds. The van der Waals surface area contributed by atoms with Crippen molar-refractivity contribution in [3.05, 3.63) is 59.1 Å². The number of rotatable bonds is 3. The molecule has 1 N–H and O–H groups in total. The molecule has 2 aromatic rings. The molecule has 1 aliphatic rings. The highest BCUT2D eigenvalue weighted by Crippen LogP contribution is 2.32. The van der Waals surface area contributed by atoms with Gasteiger partial charge in [0.25, 0.3) is 11.8 Å². The average Bonchev–Trinajstić information content (AvgIpc) is 2.57. The highest BCUT2D eigenvalue weighted by atomic mass is 35.5. The van der Waals surface area contributed by atoms with Crippen LogP contribution in [0.25, 0.3) is 0 Å². The summed E-state index contributed by atoms with van der Waals surface area (Å²) in [7, 11) is 1.69. The van der Waals surface area contributed by atoms with E-state index in [1.807, 2.05) is 18.2 Å². The van der Waals surface area contributed by atoms with Crippen molar-refractivity contribution in [1.29, 1.82) is 0 Å². The number of benzene rings is 2. The van der Waals surface area contributed by atoms with E-state index in [9.17, 15) is 9.59 Å². The number of hydrogen-bond acceptors (Lipinski definition) is 3. The molecule has 2 aromatic carbocycles. The van der Waals surface area contributed by atoms with E-state index in [0.29, 0.717) is 16.3 Å². The standard InChI is InChI=1S/C17H15ClN2O3/c1-20-13-4-2-3-5-14(13)23-15(17(20)22)10-19-16(21)11-6-8-12(18)9-7-11/h2-9,15H,10H2,1H3,(H,19,21). The highest BCUT2D eigenvalue weighted by molar-refractivity contribution is 6.30. The molecule has 23 heavy (non-hydrogen) atoms. The van der Waals surface area contributed by atoms with Crippen LogP contribution in [-0.2, 0) is 4.79 Å². The fraction of sp³-hybridized carbons (Fsp3) is 0.176. The van der Waals surface area contributed by atoms with Crippen molar-refractivity contribution in [2.24, 2.45) is 0 Å². The van der Waals surface area contributed by atoms with Gasteiger partial charge in [0.15, 0.2) is 6.10 Å². The second-order valence-corrected chi connectivity index (χ2v) is 5.62. The van der Waals surface area contributed by atoms with E-state index in [1.165, 1.54) is 4.90 Å². The molecular weight excluding hydrogens is 316 g/mol. The van der Waals surface area contributed by atoms with Crippen LogP contribution in [0.4, 0.5) is 5.69 Å². The van der Waals surface area contributed by atoms with E-state index in [1.54, 1.807) is 37.4 Å². The summed E-state index contributed by atoms with van der Waals surface area (Å²) < 4.78 is 5.69. The number of para-hydroxylation sites is 2. The molecule has 0 bridgehead atoms. The Balaban J connectivity index is 1.68. The molecule has 5 nitrogen and oxygen atoms in total. The third-order valence-corrected chi connectivity index (χ3v) is 3.91. The molecule has 0 fully saturated rings. The maximum Gasteiger partial charge on any atom is 0.269 e. The zero-order chi connectivity index (χ0) is 16.4. The number of nitrogens with one attached hydrogen (secondary N) is 1. The number of ether oxygens (including phenoxy) is 1. The van der Waals surface area contributed by atoms with Gasteiger partial charge in [-0.05, 0) is 36.4 Å². The number of fused-ring (bicyclic) bond motifs is 1. The molecule has 0 aromatic heterocycles. The van der Waals surface area contributed by atoms with Gasteiger partial charge in [-0.15, -0.1) is 0 Å². The Morgan fingerprint density at radius 3 is 2.65 bits per heavy atom. The summed E-state index contributed by atoms with van der Waals surface area (Å²) in [5.41, 5.74) is 1.20. The average molecular weight is 331 g/mol. The van der Waals surface area contributed by atoms with Crippen molar-refractivity contribution in [3.8, 4) is 5.75 Å². The number of carbonyl (C=O) groups is 2. The van der Waals surface area contributed by atoms with Gasteiger partial charge in [0, 0.05) is 17.6 Å². The lowest BCUT2D eigenvalue weighted by molar-refractivity contribution is -0.125. The molecule has 1 heterocycles. The lowest BCUT2D eigenvalue weighted by atomic mass is 10.1. The predicted octanol–water partition coefficient (Wildman–Crippen LogP) is 2.49. The molecule has 118 valence electrons. The van der Waals surface area contributed by atoms with E-state index < -0.39 is 6.10 Å². The Kier molecular flexibility index (Phi) is 4.21. The molecule has 1 aliphatic heterocycles. The number of carbonyl (C=O) groups excluding carboxylic acids is 2. The van der Waals surface area contributed by atoms with E-state index >= 15 is 0 Å². The summed E-state index contributed by atoms with van der Waals surface area (Å²) in [6.07, 6.45) is -0.744. The van der Waals surface area contributed by atoms with Crippen LogP contribution in [0.3, 0.4) is 0 Å². The topological polar surface area (TPSA) is 58.6 Å². The van der Waals surface area contributed by atoms with Crippen LogP contribution in [-0.4, -0.2) is 31.5 Å². The first-order valence-corrected chi connectivity index (χ1v) is 7.51. The van der Waals surface area contributed by atoms with Crippen LogP contribution in [0.1, 0.15) is 10.4 Å². The van der Waals surface area contributed by atoms with Crippen molar-refractivity contribution in [3.63, 3.8) is 0 Å². The van der Waals surface area contributed by atoms with E-state index in [4.69, 9.17) is 16.3 Å². The Bertz CT molecular complexity index is 746. The largest absolute Gasteiger partial charge is 0.477 e. The van der Waals surface area contributed by atoms with Gasteiger partial charge in [0.2, 0.25) is 0 Å². The minimum Gasteiger partial charge on any atom is -0.477 e. The molecule has 0 aliphatic carbocycles. The number of amides is 2. The van der Waals surface area contributed by atoms with Crippen LogP contribution in [0.2, 0.25) is 5.02 Å². The van der Waals surface area contributed by atoms with Gasteiger partial charge in [-0.25, -0.2) is 0 Å². The summed E-state index contributed by atoms with van der Waals surface area (Å²) in [5, 5.41) is 3.28. The minimum absolute atomic E-state index is 0.0962. The Morgan fingerprint density at radius 1 is 1.22 bits per heavy atom. The highest BCUT2D eigenvalue weighted by Gasteiger charge is 2.32. The number of likely N-dealkylation sites (N-methyl/N-ethyl adjacent to an activating group) is 1. The molecule has 0 saturated carbocycles. The Hall–Kier alpha value is -2.53. The quantitative estimate of drug-likeness (QED) is 0.940. The van der Waals surface area contributed by atoms with Crippen LogP contribution in [0, 0.1) is 0 Å². The van der Waals surface area contributed by atoms with Crippen molar-refractivity contribution in [2.45, 2.75) is 6.10 Å². The predicted molar refractivity (Wildman–Crippen MR) is 88.1 cm³/mol. The van der Waals surface area contributed by atoms with Gasteiger partial charge >= 0.3 is 0 Å². The second-order valence-electron chi connectivity index (χ2n) is 5.19. The molecule has 1 unspecified atom stereocenters. The third kappa shape index (κ3) is 3.14. The van der Waals surface area contributed by atoms with Crippen molar-refractivity contribution >= 4 is 29.1 Å². The summed E-state index contributed by atoms with van der Waals surface area (Å²) in [4.78, 5) is 26.0. The van der Waals surface area contributed by atoms with Crippen molar-refractivity contribution in [1.82, 2.24) is 5.32 Å². The summed E-state index contributed by atoms with van der Waals surface area (Å²) in [6.45, 7) is 0.0962. The van der Waals surface area contributed by atoms with Crippen molar-refractivity contribution in [2.75, 3.05) is 18.5 Å². The number of hydrogen-bond donors (Lipinski definition) is 1. The van der Waals surface area contributed by atoms with E-state index in [2.05, 4.69) is 5.32 Å². The zero-order valence-electron chi connectivity index (χ0n) is 12.5. The maximum absolute atomic E-state index is 12.3. The fourth-order valence-corrected chi connectivity index (χ4v) is 2.52. The third-order valence-electron chi connectivity index (χ3n) is 3.66. The summed E-state index contributed by atoms with van der Waals surface area (Å²) in [6, 6.07) is 13.8. The van der Waals surface area contributed by atoms with Gasteiger partial charge in [0.1, 0.15) is 5.75 Å². The molecular formula is C17H15ClN2O3. The minimum atomic E-state index is -0.744. The van der Waals surface area contributed by atoms with Gasteiger partial charge < -0.3 is 15.0 Å². The first-order valence-electron chi connectivity index (χ1n) is 7.13. The van der Waals surface area contributed by atoms with Crippen molar-refractivity contribution < 1.29 is 14.3 Å². The van der Waals surface area contributed by atoms with Crippen LogP contribution >= 0.6 is 11.6 Å². The normalized spacial score (nSPS) is 16.5. The van der Waals surface area contributed by atoms with E-state index in [-0.39, 0.29) is 18.4 Å². The van der Waals surface area contributed by atoms with Gasteiger partial charge in [-0.1, -0.05) is 23.7 Å². The smallest absolute Gasteiger partial charge is 0.269 e. The summed E-state index contributed by atoms with van der Waals surface area (Å²) in [5.74, 6) is 0.153. The van der Waals surface area contributed by atoms with Gasteiger partial charge in [0.05, 0.1) is 12.2 Å². The Morgan fingerprint density at radius 2 is 1.91 bits per heavy atom. The number of anilines is 1. The van der Waals surface area contributed by atoms with E-state index in [0.717, 1.165) is 5.69 Å². The van der Waals surface area contributed by atoms with Gasteiger partial charge in [-0.2, -0.15) is 0 Å². The van der Waals surface area contributed by atoms with Gasteiger partial charge in [-0.3, -0.25) is 9.59 Å². The lowest BCUT2D eigenvalue weighted by Crippen LogP contribution is -2.49. The molecule has 0 radical (unpaired) electrons. The maximum atomic E-state index is 12.3. The monoisotopic (exact) mass is 330 g/mol. The molecule has 3 rings (SSSR count).